The van der Waals surface area contributed by atoms with E-state index in [0.717, 1.165) is 40.1 Å². The molecule has 0 bridgehead atoms. The monoisotopic (exact) mass is 479 g/mol. The summed E-state index contributed by atoms with van der Waals surface area (Å²) in [5.41, 5.74) is 4.89. The summed E-state index contributed by atoms with van der Waals surface area (Å²) in [6, 6.07) is 19.6. The van der Waals surface area contributed by atoms with Gasteiger partial charge in [0.2, 0.25) is 0 Å². The Labute approximate surface area is 202 Å². The van der Waals surface area contributed by atoms with E-state index < -0.39 is 0 Å². The average molecular weight is 480 g/mol. The lowest BCUT2D eigenvalue weighted by atomic mass is 9.97. The second-order valence-corrected chi connectivity index (χ2v) is 9.24. The minimum absolute atomic E-state index is 0.313. The third kappa shape index (κ3) is 4.51. The predicted molar refractivity (Wildman–Crippen MR) is 133 cm³/mol. The molecule has 1 aliphatic rings. The van der Waals surface area contributed by atoms with Crippen molar-refractivity contribution in [3.05, 3.63) is 109 Å². The van der Waals surface area contributed by atoms with Crippen molar-refractivity contribution in [2.45, 2.75) is 26.3 Å². The molecule has 0 amide bonds. The van der Waals surface area contributed by atoms with Crippen LogP contribution < -0.4 is 10.4 Å². The van der Waals surface area contributed by atoms with Crippen molar-refractivity contribution in [2.24, 2.45) is 0 Å². The molecule has 0 radical (unpaired) electrons. The van der Waals surface area contributed by atoms with Crippen molar-refractivity contribution < 1.29 is 9.15 Å². The number of aryl methyl sites for hydroxylation is 1. The molecular formula is C27H23Cl2NO3. The van der Waals surface area contributed by atoms with Gasteiger partial charge in [0.15, 0.2) is 0 Å². The molecule has 1 aliphatic heterocycles. The standard InChI is InChI=1S/C27H23Cl2NO3/c1-17-21-14-24(29)26-23(15-30(16-32-26)12-11-18-7-9-20(28)10-8-18)25(21)33-27(31)22(17)13-19-5-3-2-4-6-19/h2-10,14H,11-13,15-16H2,1H3. The molecular weight excluding hydrogens is 457 g/mol. The number of benzene rings is 3. The molecule has 33 heavy (non-hydrogen) atoms. The van der Waals surface area contributed by atoms with E-state index in [1.165, 1.54) is 5.56 Å². The fourth-order valence-electron chi connectivity index (χ4n) is 4.34. The molecule has 4 nitrogen and oxygen atoms in total. The Bertz CT molecular complexity index is 1360. The molecule has 0 aliphatic carbocycles. The van der Waals surface area contributed by atoms with Crippen LogP contribution in [0.1, 0.15) is 27.8 Å². The Morgan fingerprint density at radius 1 is 1.00 bits per heavy atom. The van der Waals surface area contributed by atoms with Gasteiger partial charge >= 0.3 is 5.63 Å². The van der Waals surface area contributed by atoms with Crippen LogP contribution in [0.25, 0.3) is 11.0 Å². The number of rotatable bonds is 5. The van der Waals surface area contributed by atoms with Gasteiger partial charge in [0, 0.05) is 35.5 Å². The van der Waals surface area contributed by atoms with E-state index in [4.69, 9.17) is 32.4 Å². The van der Waals surface area contributed by atoms with Crippen molar-refractivity contribution in [3.8, 4) is 5.75 Å². The third-order valence-electron chi connectivity index (χ3n) is 6.21. The van der Waals surface area contributed by atoms with Gasteiger partial charge in [-0.3, -0.25) is 4.90 Å². The molecule has 0 saturated heterocycles. The van der Waals surface area contributed by atoms with E-state index in [1.54, 1.807) is 0 Å². The third-order valence-corrected chi connectivity index (χ3v) is 6.74. The summed E-state index contributed by atoms with van der Waals surface area (Å²) in [6.07, 6.45) is 1.38. The normalized spacial score (nSPS) is 13.7. The lowest BCUT2D eigenvalue weighted by Crippen LogP contribution is -2.34. The summed E-state index contributed by atoms with van der Waals surface area (Å²) in [5, 5.41) is 2.12. The Morgan fingerprint density at radius 2 is 1.76 bits per heavy atom. The van der Waals surface area contributed by atoms with E-state index in [2.05, 4.69) is 4.90 Å². The van der Waals surface area contributed by atoms with Gasteiger partial charge in [-0.05, 0) is 48.2 Å². The number of hydrogen-bond acceptors (Lipinski definition) is 4. The van der Waals surface area contributed by atoms with Crippen LogP contribution in [-0.2, 0) is 19.4 Å². The van der Waals surface area contributed by atoms with Crippen molar-refractivity contribution in [3.63, 3.8) is 0 Å². The first-order chi connectivity index (χ1) is 16.0. The molecule has 6 heteroatoms. The highest BCUT2D eigenvalue weighted by Gasteiger charge is 2.26. The summed E-state index contributed by atoms with van der Waals surface area (Å²) in [6.45, 7) is 3.79. The number of fused-ring (bicyclic) bond motifs is 3. The van der Waals surface area contributed by atoms with E-state index >= 15 is 0 Å². The van der Waals surface area contributed by atoms with Crippen LogP contribution in [0.3, 0.4) is 0 Å². The maximum Gasteiger partial charge on any atom is 0.340 e. The van der Waals surface area contributed by atoms with Crippen LogP contribution in [-0.4, -0.2) is 18.2 Å². The van der Waals surface area contributed by atoms with E-state index in [1.807, 2.05) is 67.6 Å². The topological polar surface area (TPSA) is 42.7 Å². The summed E-state index contributed by atoms with van der Waals surface area (Å²) < 4.78 is 11.9. The summed E-state index contributed by atoms with van der Waals surface area (Å²) in [5.74, 6) is 0.602. The van der Waals surface area contributed by atoms with Crippen molar-refractivity contribution >= 4 is 34.2 Å². The highest BCUT2D eigenvalue weighted by atomic mass is 35.5. The summed E-state index contributed by atoms with van der Waals surface area (Å²) >= 11 is 12.6. The Hall–Kier alpha value is -2.79. The molecule has 0 N–H and O–H groups in total. The summed E-state index contributed by atoms with van der Waals surface area (Å²) in [7, 11) is 0. The molecule has 0 atom stereocenters. The highest BCUT2D eigenvalue weighted by Crippen LogP contribution is 2.39. The van der Waals surface area contributed by atoms with Crippen molar-refractivity contribution in [1.82, 2.24) is 4.90 Å². The highest BCUT2D eigenvalue weighted by molar-refractivity contribution is 6.33. The van der Waals surface area contributed by atoms with Gasteiger partial charge in [-0.2, -0.15) is 0 Å². The zero-order chi connectivity index (χ0) is 22.9. The molecule has 2 heterocycles. The van der Waals surface area contributed by atoms with Gasteiger partial charge in [-0.15, -0.1) is 0 Å². The molecule has 5 rings (SSSR count). The molecule has 4 aromatic rings. The largest absolute Gasteiger partial charge is 0.476 e. The molecule has 0 unspecified atom stereocenters. The minimum atomic E-state index is -0.313. The second-order valence-electron chi connectivity index (χ2n) is 8.40. The number of ether oxygens (including phenoxy) is 1. The van der Waals surface area contributed by atoms with E-state index in [9.17, 15) is 4.79 Å². The molecule has 0 fully saturated rings. The van der Waals surface area contributed by atoms with Crippen molar-refractivity contribution in [1.29, 1.82) is 0 Å². The fourth-order valence-corrected chi connectivity index (χ4v) is 4.75. The van der Waals surface area contributed by atoms with Gasteiger partial charge in [0.25, 0.3) is 0 Å². The Morgan fingerprint density at radius 3 is 2.52 bits per heavy atom. The minimum Gasteiger partial charge on any atom is -0.476 e. The van der Waals surface area contributed by atoms with Gasteiger partial charge < -0.3 is 9.15 Å². The fraction of sp³-hybridized carbons (Fsp3) is 0.222. The van der Waals surface area contributed by atoms with E-state index in [-0.39, 0.29) is 5.63 Å². The van der Waals surface area contributed by atoms with Crippen LogP contribution in [0.2, 0.25) is 10.0 Å². The van der Waals surface area contributed by atoms with Gasteiger partial charge in [-0.1, -0.05) is 65.7 Å². The average Bonchev–Trinajstić information content (AvgIpc) is 2.83. The van der Waals surface area contributed by atoms with Gasteiger partial charge in [0.05, 0.1) is 10.6 Å². The molecule has 1 aromatic heterocycles. The first kappa shape index (κ1) is 22.0. The van der Waals surface area contributed by atoms with E-state index in [0.29, 0.717) is 41.6 Å². The lowest BCUT2D eigenvalue weighted by molar-refractivity contribution is 0.0969. The lowest BCUT2D eigenvalue weighted by Gasteiger charge is -2.30. The van der Waals surface area contributed by atoms with Gasteiger partial charge in [-0.25, -0.2) is 4.79 Å². The maximum absolute atomic E-state index is 13.0. The number of hydrogen-bond donors (Lipinski definition) is 0. The van der Waals surface area contributed by atoms with Crippen LogP contribution in [0.4, 0.5) is 0 Å². The number of nitrogens with zero attached hydrogens (tertiary/aromatic N) is 1. The Kier molecular flexibility index (Phi) is 6.15. The predicted octanol–water partition coefficient (Wildman–Crippen LogP) is 6.39. The zero-order valence-corrected chi connectivity index (χ0v) is 19.7. The first-order valence-corrected chi connectivity index (χ1v) is 11.7. The smallest absolute Gasteiger partial charge is 0.340 e. The first-order valence-electron chi connectivity index (χ1n) is 10.9. The van der Waals surface area contributed by atoms with Crippen LogP contribution in [0.5, 0.6) is 5.75 Å². The molecule has 3 aromatic carbocycles. The van der Waals surface area contributed by atoms with Crippen LogP contribution >= 0.6 is 23.2 Å². The van der Waals surface area contributed by atoms with Gasteiger partial charge in [0.1, 0.15) is 18.1 Å². The maximum atomic E-state index is 13.0. The molecule has 0 saturated carbocycles. The second kappa shape index (κ2) is 9.22. The molecule has 0 spiro atoms. The molecule has 168 valence electrons. The van der Waals surface area contributed by atoms with Crippen LogP contribution in [0.15, 0.2) is 69.9 Å². The van der Waals surface area contributed by atoms with Crippen molar-refractivity contribution in [2.75, 3.05) is 13.3 Å². The number of halogens is 2. The summed E-state index contributed by atoms with van der Waals surface area (Å²) in [4.78, 5) is 15.2. The SMILES string of the molecule is Cc1c(Cc2ccccc2)c(=O)oc2c3c(c(Cl)cc12)OCN(CCc1ccc(Cl)cc1)C3. The quantitative estimate of drug-likeness (QED) is 0.311. The zero-order valence-electron chi connectivity index (χ0n) is 18.2. The van der Waals surface area contributed by atoms with Crippen LogP contribution in [0, 0.1) is 6.92 Å². The Balaban J connectivity index is 1.47.